The molecule has 0 radical (unpaired) electrons. The molecule has 0 unspecified atom stereocenters. The molecule has 1 fully saturated rings. The first-order valence-corrected chi connectivity index (χ1v) is 10.1. The first-order valence-electron chi connectivity index (χ1n) is 8.69. The largest absolute Gasteiger partial charge is 0.534 e. The van der Waals surface area contributed by atoms with Gasteiger partial charge in [-0.2, -0.15) is 26.7 Å². The van der Waals surface area contributed by atoms with Crippen LogP contribution in [0.3, 0.4) is 0 Å². The minimum atomic E-state index is -5.85. The van der Waals surface area contributed by atoms with Gasteiger partial charge in [-0.25, -0.2) is 9.48 Å². The van der Waals surface area contributed by atoms with E-state index in [9.17, 15) is 26.4 Å². The van der Waals surface area contributed by atoms with Gasteiger partial charge in [0.15, 0.2) is 0 Å². The minimum absolute atomic E-state index is 0.0289. The Morgan fingerprint density at radius 1 is 1.15 bits per heavy atom. The van der Waals surface area contributed by atoms with Gasteiger partial charge in [0, 0.05) is 25.1 Å². The van der Waals surface area contributed by atoms with Crippen molar-refractivity contribution in [1.29, 1.82) is 0 Å². The fourth-order valence-electron chi connectivity index (χ4n) is 3.55. The van der Waals surface area contributed by atoms with E-state index in [0.29, 0.717) is 18.5 Å². The molecule has 3 rings (SSSR count). The standard InChI is InChI=1S/C15H20F3N3O5S/c16-15(17,18)27(24,25)26-13-11-6-8-20(14(22)23)9-7-12(11)19-21(13)10-4-2-1-3-5-10/h10H,1-9H2,(H,22,23). The molecule has 1 aromatic rings. The van der Waals surface area contributed by atoms with Crippen LogP contribution < -0.4 is 4.18 Å². The SMILES string of the molecule is O=C(O)N1CCc2nn(C3CCCCC3)c(OS(=O)(=O)C(F)(F)F)c2CC1. The number of hydrogen-bond donors (Lipinski definition) is 1. The van der Waals surface area contributed by atoms with Crippen molar-refractivity contribution in [3.63, 3.8) is 0 Å². The predicted octanol–water partition coefficient (Wildman–Crippen LogP) is 2.70. The van der Waals surface area contributed by atoms with Crippen LogP contribution in [0, 0.1) is 0 Å². The highest BCUT2D eigenvalue weighted by atomic mass is 32.2. The summed E-state index contributed by atoms with van der Waals surface area (Å²) in [5.41, 5.74) is -4.94. The summed E-state index contributed by atoms with van der Waals surface area (Å²) < 4.78 is 67.6. The highest BCUT2D eigenvalue weighted by Crippen LogP contribution is 2.37. The van der Waals surface area contributed by atoms with Crippen molar-refractivity contribution in [3.05, 3.63) is 11.3 Å². The lowest BCUT2D eigenvalue weighted by Gasteiger charge is -2.24. The Bertz CT molecular complexity index is 815. The zero-order valence-electron chi connectivity index (χ0n) is 14.4. The summed E-state index contributed by atoms with van der Waals surface area (Å²) >= 11 is 0. The Balaban J connectivity index is 2.00. The quantitative estimate of drug-likeness (QED) is 0.606. The number of fused-ring (bicyclic) bond motifs is 1. The third-order valence-corrected chi connectivity index (χ3v) is 5.90. The van der Waals surface area contributed by atoms with Gasteiger partial charge in [-0.15, -0.1) is 0 Å². The Morgan fingerprint density at radius 3 is 2.37 bits per heavy atom. The van der Waals surface area contributed by atoms with Crippen LogP contribution in [0.25, 0.3) is 0 Å². The van der Waals surface area contributed by atoms with E-state index < -0.39 is 27.6 Å². The van der Waals surface area contributed by atoms with E-state index in [-0.39, 0.29) is 37.5 Å². The lowest BCUT2D eigenvalue weighted by Crippen LogP contribution is -2.32. The number of amides is 1. The molecule has 8 nitrogen and oxygen atoms in total. The molecule has 0 atom stereocenters. The number of alkyl halides is 3. The third kappa shape index (κ3) is 3.99. The van der Waals surface area contributed by atoms with E-state index in [1.54, 1.807) is 0 Å². The highest BCUT2D eigenvalue weighted by molar-refractivity contribution is 7.87. The van der Waals surface area contributed by atoms with Crippen molar-refractivity contribution in [1.82, 2.24) is 14.7 Å². The van der Waals surface area contributed by atoms with Crippen LogP contribution >= 0.6 is 0 Å². The summed E-state index contributed by atoms with van der Waals surface area (Å²) in [7, 11) is -5.85. The van der Waals surface area contributed by atoms with Crippen LogP contribution in [-0.4, -0.2) is 52.9 Å². The Hall–Kier alpha value is -1.98. The zero-order valence-corrected chi connectivity index (χ0v) is 15.2. The summed E-state index contributed by atoms with van der Waals surface area (Å²) in [5.74, 6) is -0.429. The number of halogens is 3. The molecule has 1 aliphatic carbocycles. The van der Waals surface area contributed by atoms with E-state index in [0.717, 1.165) is 24.2 Å². The molecular weight excluding hydrogens is 391 g/mol. The molecule has 1 aliphatic heterocycles. The molecular formula is C15H20F3N3O5S. The van der Waals surface area contributed by atoms with Gasteiger partial charge in [0.2, 0.25) is 5.88 Å². The van der Waals surface area contributed by atoms with Crippen LogP contribution in [-0.2, 0) is 23.0 Å². The fourth-order valence-corrected chi connectivity index (χ4v) is 4.03. The smallest absolute Gasteiger partial charge is 0.465 e. The molecule has 0 saturated heterocycles. The fraction of sp³-hybridized carbons (Fsp3) is 0.733. The molecule has 12 heteroatoms. The van der Waals surface area contributed by atoms with Gasteiger partial charge < -0.3 is 14.2 Å². The molecule has 2 aliphatic rings. The second-order valence-corrected chi connectivity index (χ2v) is 8.26. The van der Waals surface area contributed by atoms with Crippen LogP contribution in [0.15, 0.2) is 0 Å². The molecule has 2 heterocycles. The molecule has 27 heavy (non-hydrogen) atoms. The maximum absolute atomic E-state index is 12.9. The van der Waals surface area contributed by atoms with Gasteiger partial charge in [-0.3, -0.25) is 0 Å². The van der Waals surface area contributed by atoms with E-state index in [4.69, 9.17) is 5.11 Å². The van der Waals surface area contributed by atoms with Crippen molar-refractivity contribution in [2.24, 2.45) is 0 Å². The average Bonchev–Trinajstić information content (AvgIpc) is 2.78. The van der Waals surface area contributed by atoms with E-state index in [2.05, 4.69) is 9.28 Å². The normalized spacial score (nSPS) is 19.4. The monoisotopic (exact) mass is 411 g/mol. The molecule has 1 amide bonds. The van der Waals surface area contributed by atoms with Crippen molar-refractivity contribution in [2.75, 3.05) is 13.1 Å². The van der Waals surface area contributed by atoms with Crippen molar-refractivity contribution in [2.45, 2.75) is 56.5 Å². The summed E-state index contributed by atoms with van der Waals surface area (Å²) in [4.78, 5) is 12.3. The first kappa shape index (κ1) is 19.8. The summed E-state index contributed by atoms with van der Waals surface area (Å²) in [6.07, 6.45) is 3.16. The number of rotatable bonds is 3. The molecule has 0 spiro atoms. The maximum atomic E-state index is 12.9. The second-order valence-electron chi connectivity index (χ2n) is 6.72. The first-order chi connectivity index (χ1) is 12.6. The number of aromatic nitrogens is 2. The summed E-state index contributed by atoms with van der Waals surface area (Å²) in [6, 6.07) is -0.236. The molecule has 152 valence electrons. The predicted molar refractivity (Wildman–Crippen MR) is 87.0 cm³/mol. The Labute approximate surface area is 154 Å². The van der Waals surface area contributed by atoms with Gasteiger partial charge in [-0.1, -0.05) is 19.3 Å². The zero-order chi connectivity index (χ0) is 19.8. The van der Waals surface area contributed by atoms with Crippen molar-refractivity contribution >= 4 is 16.2 Å². The average molecular weight is 411 g/mol. The summed E-state index contributed by atoms with van der Waals surface area (Å²) in [5, 5.41) is 13.5. The van der Waals surface area contributed by atoms with Crippen LogP contribution in [0.5, 0.6) is 5.88 Å². The molecule has 1 N–H and O–H groups in total. The molecule has 0 aromatic carbocycles. The van der Waals surface area contributed by atoms with Crippen LogP contribution in [0.1, 0.15) is 49.4 Å². The van der Waals surface area contributed by atoms with Gasteiger partial charge >= 0.3 is 21.7 Å². The Morgan fingerprint density at radius 2 is 1.78 bits per heavy atom. The lowest BCUT2D eigenvalue weighted by molar-refractivity contribution is -0.0503. The van der Waals surface area contributed by atoms with Gasteiger partial charge in [0.1, 0.15) is 0 Å². The van der Waals surface area contributed by atoms with Crippen LogP contribution in [0.2, 0.25) is 0 Å². The topological polar surface area (TPSA) is 102 Å². The van der Waals surface area contributed by atoms with E-state index in [1.165, 1.54) is 4.68 Å². The van der Waals surface area contributed by atoms with Gasteiger partial charge in [0.05, 0.1) is 11.7 Å². The third-order valence-electron chi connectivity index (χ3n) is 4.96. The Kier molecular flexibility index (Phi) is 5.28. The molecule has 1 saturated carbocycles. The number of carboxylic acid groups (broad SMARTS) is 1. The highest BCUT2D eigenvalue weighted by Gasteiger charge is 2.50. The van der Waals surface area contributed by atoms with Gasteiger partial charge in [0.25, 0.3) is 0 Å². The summed E-state index contributed by atoms with van der Waals surface area (Å²) in [6.45, 7) is 0.163. The number of hydrogen-bond acceptors (Lipinski definition) is 5. The van der Waals surface area contributed by atoms with Crippen LogP contribution in [0.4, 0.5) is 18.0 Å². The maximum Gasteiger partial charge on any atom is 0.534 e. The molecule has 0 bridgehead atoms. The number of carbonyl (C=O) groups is 1. The second kappa shape index (κ2) is 7.21. The van der Waals surface area contributed by atoms with Crippen molar-refractivity contribution < 1.29 is 35.7 Å². The number of nitrogens with zero attached hydrogens (tertiary/aromatic N) is 3. The van der Waals surface area contributed by atoms with Crippen molar-refractivity contribution in [3.8, 4) is 5.88 Å². The van der Waals surface area contributed by atoms with E-state index >= 15 is 0 Å². The minimum Gasteiger partial charge on any atom is -0.465 e. The van der Waals surface area contributed by atoms with Gasteiger partial charge in [-0.05, 0) is 19.3 Å². The lowest BCUT2D eigenvalue weighted by atomic mass is 9.96. The molecule has 1 aromatic heterocycles. The van der Waals surface area contributed by atoms with E-state index in [1.807, 2.05) is 0 Å².